The maximum Gasteiger partial charge on any atom is 0.219 e. The Hall–Kier alpha value is -0.910. The molecule has 0 unspecified atom stereocenters. The van der Waals surface area contributed by atoms with Crippen LogP contribution in [0.4, 0.5) is 0 Å². The van der Waals surface area contributed by atoms with Gasteiger partial charge in [0.25, 0.3) is 0 Å². The van der Waals surface area contributed by atoms with Crippen LogP contribution in [0.25, 0.3) is 0 Å². The van der Waals surface area contributed by atoms with Crippen molar-refractivity contribution in [2.45, 2.75) is 13.8 Å². The number of primary amides is 1. The maximum absolute atomic E-state index is 9.92. The topological polar surface area (TPSA) is 80.5 Å². The third-order valence-electron chi connectivity index (χ3n) is 0.780. The van der Waals surface area contributed by atoms with Crippen molar-refractivity contribution in [1.82, 2.24) is 4.90 Å². The largest absolute Gasteiger partial charge is 0.369 e. The Balaban J connectivity index is -0.000000147. The van der Waals surface area contributed by atoms with Crippen molar-refractivity contribution in [3.05, 3.63) is 0 Å². The second kappa shape index (κ2) is 13.1. The van der Waals surface area contributed by atoms with Gasteiger partial charge in [0.2, 0.25) is 12.3 Å². The van der Waals surface area contributed by atoms with Gasteiger partial charge in [-0.05, 0) is 0 Å². The number of carbonyl (C=O) groups excluding carboxylic acids is 2. The summed E-state index contributed by atoms with van der Waals surface area (Å²) in [5, 5.41) is 0. The van der Waals surface area contributed by atoms with E-state index < -0.39 is 10.8 Å². The van der Waals surface area contributed by atoms with E-state index in [1.54, 1.807) is 40.5 Å². The first-order valence-corrected chi connectivity index (χ1v) is 6.27. The van der Waals surface area contributed by atoms with Crippen molar-refractivity contribution in [2.24, 2.45) is 11.7 Å². The first-order chi connectivity index (χ1) is 6.64. The van der Waals surface area contributed by atoms with Gasteiger partial charge in [0, 0.05) is 43.3 Å². The van der Waals surface area contributed by atoms with Crippen LogP contribution in [0, 0.1) is 5.92 Å². The lowest BCUT2D eigenvalue weighted by molar-refractivity contribution is -0.120. The zero-order valence-electron chi connectivity index (χ0n) is 10.3. The number of hydrogen-bond acceptors (Lipinski definition) is 3. The van der Waals surface area contributed by atoms with Gasteiger partial charge in [-0.1, -0.05) is 13.8 Å². The number of rotatable bonds is 2. The molecule has 0 radical (unpaired) electrons. The number of hydrogen-bond donors (Lipinski definition) is 1. The highest BCUT2D eigenvalue weighted by Gasteiger charge is 1.96. The van der Waals surface area contributed by atoms with E-state index >= 15 is 0 Å². The van der Waals surface area contributed by atoms with Gasteiger partial charge in [0.1, 0.15) is 0 Å². The van der Waals surface area contributed by atoms with Gasteiger partial charge in [-0.25, -0.2) is 0 Å². The van der Waals surface area contributed by atoms with Gasteiger partial charge in [-0.2, -0.15) is 0 Å². The van der Waals surface area contributed by atoms with Crippen LogP contribution in [0.2, 0.25) is 0 Å². The Kier molecular flexibility index (Phi) is 17.1. The smallest absolute Gasteiger partial charge is 0.219 e. The molecule has 0 aromatic heterocycles. The van der Waals surface area contributed by atoms with E-state index in [1.807, 2.05) is 0 Å². The molecular formula is C9H22N2O3S. The van der Waals surface area contributed by atoms with E-state index in [1.165, 1.54) is 4.90 Å². The van der Waals surface area contributed by atoms with Gasteiger partial charge < -0.3 is 10.6 Å². The molecule has 6 heteroatoms. The van der Waals surface area contributed by atoms with Gasteiger partial charge in [-0.15, -0.1) is 0 Å². The van der Waals surface area contributed by atoms with E-state index in [-0.39, 0.29) is 11.8 Å². The first kappa shape index (κ1) is 19.6. The highest BCUT2D eigenvalue weighted by molar-refractivity contribution is 7.83. The van der Waals surface area contributed by atoms with E-state index in [0.717, 1.165) is 6.41 Å². The molecule has 0 aliphatic carbocycles. The summed E-state index contributed by atoms with van der Waals surface area (Å²) < 4.78 is 9.56. The molecule has 15 heavy (non-hydrogen) atoms. The highest BCUT2D eigenvalue weighted by atomic mass is 32.2. The minimum Gasteiger partial charge on any atom is -0.369 e. The van der Waals surface area contributed by atoms with Crippen molar-refractivity contribution >= 4 is 23.1 Å². The predicted octanol–water partition coefficient (Wildman–Crippen LogP) is -0.173. The summed E-state index contributed by atoms with van der Waals surface area (Å²) in [5.74, 6) is -0.250. The molecule has 0 rings (SSSR count). The zero-order valence-corrected chi connectivity index (χ0v) is 11.1. The lowest BCUT2D eigenvalue weighted by Gasteiger charge is -1.93. The lowest BCUT2D eigenvalue weighted by Crippen LogP contribution is -2.17. The predicted molar refractivity (Wildman–Crippen MR) is 63.8 cm³/mol. The Morgan fingerprint density at radius 3 is 1.47 bits per heavy atom. The Bertz CT molecular complexity index is 190. The Morgan fingerprint density at radius 2 is 1.47 bits per heavy atom. The van der Waals surface area contributed by atoms with Crippen LogP contribution in [-0.2, 0) is 20.4 Å². The van der Waals surface area contributed by atoms with Gasteiger partial charge in [-0.3, -0.25) is 13.8 Å². The average Bonchev–Trinajstić information content (AvgIpc) is 2.04. The fraction of sp³-hybridized carbons (Fsp3) is 0.778. The van der Waals surface area contributed by atoms with E-state index in [9.17, 15) is 13.8 Å². The monoisotopic (exact) mass is 238 g/mol. The summed E-state index contributed by atoms with van der Waals surface area (Å²) in [7, 11) is 2.76. The molecule has 5 nitrogen and oxygen atoms in total. The molecule has 0 saturated heterocycles. The molecule has 0 spiro atoms. The molecule has 0 aliphatic heterocycles. The summed E-state index contributed by atoms with van der Waals surface area (Å²) in [6.07, 6.45) is 4.03. The highest BCUT2D eigenvalue weighted by Crippen LogP contribution is 1.84. The van der Waals surface area contributed by atoms with Crippen LogP contribution in [0.1, 0.15) is 13.8 Å². The number of nitrogens with zero attached hydrogens (tertiary/aromatic N) is 1. The summed E-state index contributed by atoms with van der Waals surface area (Å²) in [4.78, 5) is 20.8. The standard InChI is InChI=1S/C4H9NO.C3H7NO.C2H6OS/c1-3(2)4(5)6;1-4(2)3-5;1-4(2)3/h3H,1-2H3,(H2,5,6);3H,1-2H3;1-2H3. The minimum atomic E-state index is -0.611. The van der Waals surface area contributed by atoms with Crippen LogP contribution >= 0.6 is 0 Å². The number of carbonyl (C=O) groups is 2. The second-order valence-electron chi connectivity index (χ2n) is 3.37. The van der Waals surface area contributed by atoms with Gasteiger partial charge >= 0.3 is 0 Å². The Morgan fingerprint density at radius 1 is 1.33 bits per heavy atom. The van der Waals surface area contributed by atoms with E-state index in [2.05, 4.69) is 0 Å². The molecular weight excluding hydrogens is 216 g/mol. The van der Waals surface area contributed by atoms with Crippen LogP contribution in [0.3, 0.4) is 0 Å². The molecule has 0 aromatic rings. The molecule has 0 fully saturated rings. The van der Waals surface area contributed by atoms with Crippen LogP contribution in [0.15, 0.2) is 0 Å². The number of nitrogens with two attached hydrogens (primary N) is 1. The normalized spacial score (nSPS) is 8.27. The zero-order chi connectivity index (χ0) is 13.0. The average molecular weight is 238 g/mol. The van der Waals surface area contributed by atoms with Crippen molar-refractivity contribution < 1.29 is 13.8 Å². The SMILES string of the molecule is CC(C)C(N)=O.CN(C)C=O.CS(C)=O. The third kappa shape index (κ3) is 62.1. The summed E-state index contributed by atoms with van der Waals surface area (Å²) in [6.45, 7) is 3.53. The molecule has 2 N–H and O–H groups in total. The van der Waals surface area contributed by atoms with Crippen molar-refractivity contribution in [2.75, 3.05) is 26.6 Å². The van der Waals surface area contributed by atoms with Crippen LogP contribution in [-0.4, -0.2) is 48.0 Å². The molecule has 0 aliphatic rings. The van der Waals surface area contributed by atoms with E-state index in [4.69, 9.17) is 5.73 Å². The van der Waals surface area contributed by atoms with Crippen molar-refractivity contribution in [3.63, 3.8) is 0 Å². The van der Waals surface area contributed by atoms with Crippen LogP contribution in [0.5, 0.6) is 0 Å². The lowest BCUT2D eigenvalue weighted by atomic mass is 10.2. The number of amides is 2. The van der Waals surface area contributed by atoms with Crippen LogP contribution < -0.4 is 5.73 Å². The van der Waals surface area contributed by atoms with Gasteiger partial charge in [0.15, 0.2) is 0 Å². The summed E-state index contributed by atoms with van der Waals surface area (Å²) >= 11 is 0. The molecule has 0 atom stereocenters. The fourth-order valence-electron chi connectivity index (χ4n) is 0. The molecule has 0 saturated carbocycles. The molecule has 0 bridgehead atoms. The molecule has 0 heterocycles. The quantitative estimate of drug-likeness (QED) is 0.678. The molecule has 92 valence electrons. The van der Waals surface area contributed by atoms with Crippen molar-refractivity contribution in [1.29, 1.82) is 0 Å². The maximum atomic E-state index is 9.92. The van der Waals surface area contributed by atoms with Crippen molar-refractivity contribution in [3.8, 4) is 0 Å². The summed E-state index contributed by atoms with van der Waals surface area (Å²) in [6, 6.07) is 0. The van der Waals surface area contributed by atoms with Gasteiger partial charge in [0.05, 0.1) is 0 Å². The molecule has 2 amide bonds. The van der Waals surface area contributed by atoms with E-state index in [0.29, 0.717) is 0 Å². The first-order valence-electron chi connectivity index (χ1n) is 4.31. The third-order valence-corrected chi connectivity index (χ3v) is 0.780. The molecule has 0 aromatic carbocycles. The minimum absolute atomic E-state index is 0.00926. The fourth-order valence-corrected chi connectivity index (χ4v) is 0. The second-order valence-corrected chi connectivity index (χ2v) is 4.85. The Labute approximate surface area is 94.5 Å². The summed E-state index contributed by atoms with van der Waals surface area (Å²) in [5.41, 5.74) is 4.80.